The number of likely N-dealkylation sites (tertiary alicyclic amines) is 1. The number of ether oxygens (including phenoxy) is 3. The van der Waals surface area contributed by atoms with Gasteiger partial charge in [0.25, 0.3) is 11.5 Å². The second-order valence-electron chi connectivity index (χ2n) is 8.80. The van der Waals surface area contributed by atoms with Gasteiger partial charge in [0.1, 0.15) is 18.0 Å². The van der Waals surface area contributed by atoms with Crippen molar-refractivity contribution in [3.8, 4) is 5.75 Å². The van der Waals surface area contributed by atoms with Crippen molar-refractivity contribution in [1.82, 2.24) is 25.1 Å². The predicted molar refractivity (Wildman–Crippen MR) is 124 cm³/mol. The first-order chi connectivity index (χ1) is 16.5. The summed E-state index contributed by atoms with van der Waals surface area (Å²) in [6.07, 6.45) is 6.54. The van der Waals surface area contributed by atoms with Crippen molar-refractivity contribution in [3.63, 3.8) is 0 Å². The molecule has 0 radical (unpaired) electrons. The first-order valence-electron chi connectivity index (χ1n) is 11.6. The van der Waals surface area contributed by atoms with Gasteiger partial charge in [-0.2, -0.15) is 5.10 Å². The summed E-state index contributed by atoms with van der Waals surface area (Å²) >= 11 is 0. The summed E-state index contributed by atoms with van der Waals surface area (Å²) in [5.41, 5.74) is 1.16. The molecule has 0 aliphatic carbocycles. The molecule has 11 heteroatoms. The van der Waals surface area contributed by atoms with E-state index in [0.29, 0.717) is 24.3 Å². The van der Waals surface area contributed by atoms with E-state index in [2.05, 4.69) is 25.1 Å². The van der Waals surface area contributed by atoms with Gasteiger partial charge in [-0.25, -0.2) is 15.1 Å². The largest absolute Gasteiger partial charge is 0.483 e. The number of rotatable bonds is 9. The summed E-state index contributed by atoms with van der Waals surface area (Å²) in [5, 5.41) is 6.15. The minimum atomic E-state index is -0.500. The van der Waals surface area contributed by atoms with Gasteiger partial charge in [0.05, 0.1) is 25.0 Å². The quantitative estimate of drug-likeness (QED) is 0.566. The summed E-state index contributed by atoms with van der Waals surface area (Å²) in [6, 6.07) is 0.193. The van der Waals surface area contributed by atoms with Gasteiger partial charge in [-0.1, -0.05) is 0 Å². The number of nitrogens with one attached hydrogen (secondary N) is 1. The highest BCUT2D eigenvalue weighted by atomic mass is 16.6. The van der Waals surface area contributed by atoms with Crippen molar-refractivity contribution in [3.05, 3.63) is 40.1 Å². The fourth-order valence-corrected chi connectivity index (χ4v) is 4.38. The van der Waals surface area contributed by atoms with Crippen molar-refractivity contribution >= 4 is 11.9 Å². The number of hydrogen-bond acceptors (Lipinski definition) is 9. The van der Waals surface area contributed by atoms with Crippen LogP contribution >= 0.6 is 0 Å². The molecule has 2 saturated heterocycles. The smallest absolute Gasteiger partial charge is 0.270 e. The lowest BCUT2D eigenvalue weighted by Gasteiger charge is -2.36. The Labute approximate surface area is 198 Å². The van der Waals surface area contributed by atoms with Crippen LogP contribution in [0.1, 0.15) is 30.4 Å². The maximum atomic E-state index is 13.1. The molecule has 4 rings (SSSR count). The lowest BCUT2D eigenvalue weighted by Crippen LogP contribution is -2.47. The number of nitrogens with zero attached hydrogens (tertiary/aromatic N) is 5. The molecule has 0 saturated carbocycles. The topological polar surface area (TPSA) is 123 Å². The number of aromatic amines is 1. The van der Waals surface area contributed by atoms with E-state index < -0.39 is 12.2 Å². The van der Waals surface area contributed by atoms with Crippen LogP contribution in [0.25, 0.3) is 0 Å². The van der Waals surface area contributed by atoms with E-state index in [4.69, 9.17) is 14.2 Å². The number of amides is 1. The van der Waals surface area contributed by atoms with Crippen LogP contribution in [0, 0.1) is 13.8 Å². The standard InChI is InChI=1S/C23H32N6O5/c1-15-10-24-23(25-11-15)28-7-4-17(5-8-28)29-9-6-19(22(29)31)33-14-18(13-32-3)34-20-12-26-27-21(30)16(20)2/h10-12,17-19H,4-9,13-14H2,1-3H3,(H,27,30)/t18-,19+/m0/s1. The van der Waals surface area contributed by atoms with Crippen LogP contribution in [-0.4, -0.2) is 89.2 Å². The lowest BCUT2D eigenvalue weighted by atomic mass is 10.0. The van der Waals surface area contributed by atoms with Crippen molar-refractivity contribution in [2.75, 3.05) is 44.9 Å². The second kappa shape index (κ2) is 10.9. The monoisotopic (exact) mass is 472 g/mol. The zero-order valence-corrected chi connectivity index (χ0v) is 19.9. The number of methoxy groups -OCH3 is 1. The van der Waals surface area contributed by atoms with Gasteiger partial charge < -0.3 is 24.0 Å². The molecule has 2 aliphatic heterocycles. The summed E-state index contributed by atoms with van der Waals surface area (Å²) < 4.78 is 17.1. The van der Waals surface area contributed by atoms with E-state index in [1.54, 1.807) is 14.0 Å². The molecular weight excluding hydrogens is 440 g/mol. The van der Waals surface area contributed by atoms with Gasteiger partial charge in [-0.05, 0) is 32.3 Å². The Morgan fingerprint density at radius 2 is 1.79 bits per heavy atom. The Balaban J connectivity index is 1.28. The molecule has 2 aromatic heterocycles. The van der Waals surface area contributed by atoms with Crippen LogP contribution in [0.4, 0.5) is 5.95 Å². The molecular formula is C23H32N6O5. The van der Waals surface area contributed by atoms with Crippen molar-refractivity contribution in [2.24, 2.45) is 0 Å². The van der Waals surface area contributed by atoms with E-state index in [1.165, 1.54) is 6.20 Å². The zero-order valence-electron chi connectivity index (χ0n) is 19.9. The molecule has 2 aromatic rings. The molecule has 4 heterocycles. The van der Waals surface area contributed by atoms with Gasteiger partial charge in [0.15, 0.2) is 0 Å². The third-order valence-electron chi connectivity index (χ3n) is 6.33. The highest BCUT2D eigenvalue weighted by Gasteiger charge is 2.38. The normalized spacial score (nSPS) is 20.1. The Morgan fingerprint density at radius 3 is 2.50 bits per heavy atom. The molecule has 184 valence electrons. The van der Waals surface area contributed by atoms with Crippen LogP contribution in [0.15, 0.2) is 23.4 Å². The summed E-state index contributed by atoms with van der Waals surface area (Å²) in [7, 11) is 1.57. The van der Waals surface area contributed by atoms with E-state index in [-0.39, 0.29) is 30.7 Å². The molecule has 2 atom stereocenters. The van der Waals surface area contributed by atoms with Crippen LogP contribution in [0.3, 0.4) is 0 Å². The van der Waals surface area contributed by atoms with Crippen molar-refractivity contribution in [2.45, 2.75) is 51.4 Å². The molecule has 34 heavy (non-hydrogen) atoms. The predicted octanol–water partition coefficient (Wildman–Crippen LogP) is 0.857. The molecule has 1 amide bonds. The third kappa shape index (κ3) is 5.53. The van der Waals surface area contributed by atoms with Crippen molar-refractivity contribution in [1.29, 1.82) is 0 Å². The molecule has 11 nitrogen and oxygen atoms in total. The fourth-order valence-electron chi connectivity index (χ4n) is 4.38. The molecule has 0 aromatic carbocycles. The van der Waals surface area contributed by atoms with Crippen molar-refractivity contribution < 1.29 is 19.0 Å². The SMILES string of the molecule is COC[C@@H](CO[C@@H]1CCN(C2CCN(c3ncc(C)cn3)CC2)C1=O)Oc1cn[nH]c(=O)c1C. The Hall–Kier alpha value is -3.05. The zero-order chi connectivity index (χ0) is 24.1. The summed E-state index contributed by atoms with van der Waals surface area (Å²) in [6.45, 7) is 6.38. The van der Waals surface area contributed by atoms with E-state index in [0.717, 1.165) is 37.4 Å². The molecule has 0 spiro atoms. The first kappa shape index (κ1) is 24.1. The van der Waals surface area contributed by atoms with Crippen LogP contribution in [-0.2, 0) is 14.3 Å². The summed E-state index contributed by atoms with van der Waals surface area (Å²) in [4.78, 5) is 37.8. The lowest BCUT2D eigenvalue weighted by molar-refractivity contribution is -0.141. The number of H-pyrrole nitrogens is 1. The van der Waals surface area contributed by atoms with Crippen LogP contribution in [0.2, 0.25) is 0 Å². The van der Waals surface area contributed by atoms with E-state index >= 15 is 0 Å². The minimum absolute atomic E-state index is 0.0233. The maximum absolute atomic E-state index is 13.1. The minimum Gasteiger partial charge on any atom is -0.483 e. The molecule has 1 N–H and O–H groups in total. The molecule has 2 aliphatic rings. The number of anilines is 1. The number of aromatic nitrogens is 4. The fraction of sp³-hybridized carbons (Fsp3) is 0.609. The van der Waals surface area contributed by atoms with Crippen LogP contribution in [0.5, 0.6) is 5.75 Å². The van der Waals surface area contributed by atoms with Gasteiger partial charge in [0, 0.05) is 51.6 Å². The number of carbonyl (C=O) groups excluding carboxylic acids is 1. The Morgan fingerprint density at radius 1 is 1.06 bits per heavy atom. The number of carbonyl (C=O) groups is 1. The number of piperidine rings is 1. The highest BCUT2D eigenvalue weighted by molar-refractivity contribution is 5.83. The maximum Gasteiger partial charge on any atom is 0.270 e. The molecule has 0 bridgehead atoms. The molecule has 0 unspecified atom stereocenters. The summed E-state index contributed by atoms with van der Waals surface area (Å²) in [5.74, 6) is 1.14. The Bertz CT molecular complexity index is 1020. The third-order valence-corrected chi connectivity index (χ3v) is 6.33. The van der Waals surface area contributed by atoms with Gasteiger partial charge >= 0.3 is 0 Å². The Kier molecular flexibility index (Phi) is 7.73. The van der Waals surface area contributed by atoms with Gasteiger partial charge in [0.2, 0.25) is 5.95 Å². The number of hydrogen-bond donors (Lipinski definition) is 1. The van der Waals surface area contributed by atoms with Gasteiger partial charge in [-0.3, -0.25) is 9.59 Å². The van der Waals surface area contributed by atoms with Gasteiger partial charge in [-0.15, -0.1) is 0 Å². The average molecular weight is 473 g/mol. The highest BCUT2D eigenvalue weighted by Crippen LogP contribution is 2.25. The van der Waals surface area contributed by atoms with E-state index in [1.807, 2.05) is 24.2 Å². The molecule has 2 fully saturated rings. The van der Waals surface area contributed by atoms with E-state index in [9.17, 15) is 9.59 Å². The second-order valence-corrected chi connectivity index (χ2v) is 8.80. The number of aryl methyl sites for hydroxylation is 1. The van der Waals surface area contributed by atoms with Crippen LogP contribution < -0.4 is 15.2 Å². The first-order valence-corrected chi connectivity index (χ1v) is 11.6. The average Bonchev–Trinajstić information content (AvgIpc) is 3.21.